The fraction of sp³-hybridized carbons (Fsp3) is 0.440. The van der Waals surface area contributed by atoms with Gasteiger partial charge in [0, 0.05) is 25.4 Å². The molecule has 3 rings (SSSR count). The third-order valence-corrected chi connectivity index (χ3v) is 5.32. The summed E-state index contributed by atoms with van der Waals surface area (Å²) in [6.45, 7) is 10.2. The Morgan fingerprint density at radius 1 is 1.07 bits per heavy atom. The summed E-state index contributed by atoms with van der Waals surface area (Å²) in [5.41, 5.74) is 4.53. The van der Waals surface area contributed by atoms with Gasteiger partial charge in [0.25, 0.3) is 0 Å². The Hall–Kier alpha value is -2.82. The quantitative estimate of drug-likeness (QED) is 0.490. The maximum atomic E-state index is 11.8. The van der Waals surface area contributed by atoms with Crippen LogP contribution in [-0.2, 0) is 17.8 Å². The Balaban J connectivity index is 1.61. The molecule has 1 heterocycles. The molecule has 5 nitrogen and oxygen atoms in total. The summed E-state index contributed by atoms with van der Waals surface area (Å²) in [5, 5.41) is 2.99. The van der Waals surface area contributed by atoms with Crippen LogP contribution < -0.4 is 10.1 Å². The van der Waals surface area contributed by atoms with E-state index in [9.17, 15) is 4.79 Å². The van der Waals surface area contributed by atoms with Crippen molar-refractivity contribution in [2.45, 2.75) is 53.5 Å². The van der Waals surface area contributed by atoms with Crippen LogP contribution in [0, 0.1) is 19.8 Å². The number of hydrogen-bond donors (Lipinski definition) is 1. The Bertz CT molecular complexity index is 971. The summed E-state index contributed by atoms with van der Waals surface area (Å²) in [6.07, 6.45) is 2.62. The van der Waals surface area contributed by atoms with Crippen molar-refractivity contribution in [2.24, 2.45) is 5.92 Å². The van der Waals surface area contributed by atoms with Crippen LogP contribution in [0.3, 0.4) is 0 Å². The number of imidazole rings is 1. The van der Waals surface area contributed by atoms with Gasteiger partial charge >= 0.3 is 0 Å². The zero-order valence-corrected chi connectivity index (χ0v) is 18.6. The number of para-hydroxylation sites is 3. The minimum Gasteiger partial charge on any atom is -0.493 e. The van der Waals surface area contributed by atoms with Crippen molar-refractivity contribution in [1.29, 1.82) is 0 Å². The molecule has 0 atom stereocenters. The van der Waals surface area contributed by atoms with E-state index in [2.05, 4.69) is 60.1 Å². The van der Waals surface area contributed by atoms with Crippen LogP contribution in [0.4, 0.5) is 0 Å². The van der Waals surface area contributed by atoms with Crippen LogP contribution in [0.1, 0.15) is 43.6 Å². The molecule has 0 aliphatic rings. The second kappa shape index (κ2) is 10.3. The van der Waals surface area contributed by atoms with Crippen molar-refractivity contribution in [3.05, 3.63) is 59.4 Å². The lowest BCUT2D eigenvalue weighted by Crippen LogP contribution is -2.28. The Kier molecular flexibility index (Phi) is 7.50. The third kappa shape index (κ3) is 5.41. The van der Waals surface area contributed by atoms with E-state index in [1.807, 2.05) is 19.9 Å². The van der Waals surface area contributed by atoms with Gasteiger partial charge < -0.3 is 14.6 Å². The minimum atomic E-state index is 0.0199. The summed E-state index contributed by atoms with van der Waals surface area (Å²) >= 11 is 0. The van der Waals surface area contributed by atoms with Crippen molar-refractivity contribution in [1.82, 2.24) is 14.9 Å². The van der Waals surface area contributed by atoms with Gasteiger partial charge in [-0.2, -0.15) is 0 Å². The van der Waals surface area contributed by atoms with Crippen molar-refractivity contribution < 1.29 is 9.53 Å². The first-order valence-electron chi connectivity index (χ1n) is 10.9. The van der Waals surface area contributed by atoms with Gasteiger partial charge in [-0.15, -0.1) is 0 Å². The Morgan fingerprint density at radius 3 is 2.53 bits per heavy atom. The highest BCUT2D eigenvalue weighted by molar-refractivity contribution is 5.77. The van der Waals surface area contributed by atoms with E-state index in [0.29, 0.717) is 13.2 Å². The molecular formula is C25H33N3O2. The smallest absolute Gasteiger partial charge is 0.222 e. The lowest BCUT2D eigenvalue weighted by Gasteiger charge is -2.13. The molecule has 1 amide bonds. The number of aryl methyl sites for hydroxylation is 4. The number of carbonyl (C=O) groups excluding carboxylic acids is 1. The maximum absolute atomic E-state index is 11.8. The molecule has 0 fully saturated rings. The van der Waals surface area contributed by atoms with Crippen molar-refractivity contribution in [3.8, 4) is 5.75 Å². The average Bonchev–Trinajstić information content (AvgIpc) is 3.07. The molecule has 160 valence electrons. The molecule has 3 aromatic rings. The predicted molar refractivity (Wildman–Crippen MR) is 122 cm³/mol. The summed E-state index contributed by atoms with van der Waals surface area (Å²) in [7, 11) is 0. The van der Waals surface area contributed by atoms with E-state index in [1.54, 1.807) is 0 Å². The largest absolute Gasteiger partial charge is 0.493 e. The van der Waals surface area contributed by atoms with Gasteiger partial charge in [0.2, 0.25) is 5.91 Å². The number of carbonyl (C=O) groups is 1. The first-order valence-corrected chi connectivity index (χ1v) is 10.9. The molecular weight excluding hydrogens is 374 g/mol. The number of rotatable bonds is 10. The first-order chi connectivity index (χ1) is 14.5. The van der Waals surface area contributed by atoms with Gasteiger partial charge in [-0.3, -0.25) is 4.79 Å². The first kappa shape index (κ1) is 21.9. The van der Waals surface area contributed by atoms with Crippen LogP contribution in [0.15, 0.2) is 42.5 Å². The number of ether oxygens (including phenoxy) is 1. The summed E-state index contributed by atoms with van der Waals surface area (Å²) < 4.78 is 8.38. The second-order valence-electron chi connectivity index (χ2n) is 8.14. The number of nitrogens with one attached hydrogen (secondary N) is 1. The molecule has 5 heteroatoms. The molecule has 0 aliphatic carbocycles. The monoisotopic (exact) mass is 407 g/mol. The van der Waals surface area contributed by atoms with Crippen molar-refractivity contribution in [2.75, 3.05) is 13.2 Å². The zero-order valence-electron chi connectivity index (χ0n) is 18.6. The minimum absolute atomic E-state index is 0.0199. The highest BCUT2D eigenvalue weighted by atomic mass is 16.5. The summed E-state index contributed by atoms with van der Waals surface area (Å²) in [4.78, 5) is 16.6. The molecule has 2 aromatic carbocycles. The van der Waals surface area contributed by atoms with Crippen LogP contribution in [0.25, 0.3) is 11.0 Å². The van der Waals surface area contributed by atoms with Crippen LogP contribution in [0.2, 0.25) is 0 Å². The van der Waals surface area contributed by atoms with E-state index >= 15 is 0 Å². The molecule has 0 aliphatic heterocycles. The molecule has 30 heavy (non-hydrogen) atoms. The molecule has 1 N–H and O–H groups in total. The van der Waals surface area contributed by atoms with E-state index in [1.165, 1.54) is 11.1 Å². The molecule has 0 bridgehead atoms. The predicted octanol–water partition coefficient (Wildman–Crippen LogP) is 4.83. The zero-order chi connectivity index (χ0) is 21.5. The molecule has 1 aromatic heterocycles. The van der Waals surface area contributed by atoms with Crippen molar-refractivity contribution in [3.63, 3.8) is 0 Å². The molecule has 0 unspecified atom stereocenters. The van der Waals surface area contributed by atoms with E-state index in [-0.39, 0.29) is 11.8 Å². The van der Waals surface area contributed by atoms with Crippen molar-refractivity contribution >= 4 is 16.9 Å². The van der Waals surface area contributed by atoms with Gasteiger partial charge in [0.15, 0.2) is 0 Å². The summed E-state index contributed by atoms with van der Waals surface area (Å²) in [5.74, 6) is 2.19. The lowest BCUT2D eigenvalue weighted by molar-refractivity contribution is -0.123. The maximum Gasteiger partial charge on any atom is 0.222 e. The summed E-state index contributed by atoms with van der Waals surface area (Å²) in [6, 6.07) is 14.5. The topological polar surface area (TPSA) is 56.1 Å². The van der Waals surface area contributed by atoms with Gasteiger partial charge in [0.1, 0.15) is 11.6 Å². The van der Waals surface area contributed by atoms with Gasteiger partial charge in [-0.1, -0.05) is 44.2 Å². The van der Waals surface area contributed by atoms with E-state index < -0.39 is 0 Å². The molecule has 0 saturated carbocycles. The molecule has 0 radical (unpaired) electrons. The van der Waals surface area contributed by atoms with Gasteiger partial charge in [-0.25, -0.2) is 4.98 Å². The number of nitrogens with zero attached hydrogens (tertiary/aromatic N) is 2. The number of hydrogen-bond acceptors (Lipinski definition) is 3. The van der Waals surface area contributed by atoms with E-state index in [0.717, 1.165) is 48.4 Å². The Labute approximate surface area is 179 Å². The highest BCUT2D eigenvalue weighted by Crippen LogP contribution is 2.23. The highest BCUT2D eigenvalue weighted by Gasteiger charge is 2.11. The second-order valence-corrected chi connectivity index (χ2v) is 8.14. The average molecular weight is 408 g/mol. The number of benzene rings is 2. The van der Waals surface area contributed by atoms with Gasteiger partial charge in [-0.05, 0) is 49.9 Å². The number of amides is 1. The number of aromatic nitrogens is 2. The van der Waals surface area contributed by atoms with Crippen LogP contribution in [-0.4, -0.2) is 28.6 Å². The fourth-order valence-electron chi connectivity index (χ4n) is 3.65. The molecule has 0 spiro atoms. The third-order valence-electron chi connectivity index (χ3n) is 5.32. The van der Waals surface area contributed by atoms with Crippen LogP contribution in [0.5, 0.6) is 5.75 Å². The lowest BCUT2D eigenvalue weighted by atomic mass is 10.1. The fourth-order valence-corrected chi connectivity index (χ4v) is 3.65. The van der Waals surface area contributed by atoms with E-state index in [4.69, 9.17) is 9.72 Å². The molecule has 0 saturated heterocycles. The standard InChI is InChI=1S/C25H33N3O2/c1-18(2)25(29)26-15-8-14-23-27-21-12-5-6-13-22(21)28(23)16-9-17-30-24-19(3)10-7-11-20(24)4/h5-7,10-13,18H,8-9,14-17H2,1-4H3,(H,26,29). The Morgan fingerprint density at radius 2 is 1.80 bits per heavy atom. The van der Waals surface area contributed by atoms with Gasteiger partial charge in [0.05, 0.1) is 17.6 Å². The SMILES string of the molecule is Cc1cccc(C)c1OCCCn1c(CCCNC(=O)C(C)C)nc2ccccc21. The normalized spacial score (nSPS) is 11.2. The van der Waals surface area contributed by atoms with Crippen LogP contribution >= 0.6 is 0 Å². The number of fused-ring (bicyclic) bond motifs is 1.